The maximum Gasteiger partial charge on any atom is 0.137 e. The molecule has 4 nitrogen and oxygen atoms in total. The van der Waals surface area contributed by atoms with Gasteiger partial charge in [0.2, 0.25) is 0 Å². The number of hydrogen-bond acceptors (Lipinski definition) is 3. The van der Waals surface area contributed by atoms with E-state index in [0.29, 0.717) is 0 Å². The number of hydrogen-bond donors (Lipinski definition) is 0. The van der Waals surface area contributed by atoms with E-state index in [2.05, 4.69) is 273 Å². The first-order valence-electron chi connectivity index (χ1n) is 24.7. The summed E-state index contributed by atoms with van der Waals surface area (Å²) in [4.78, 5) is 9.86. The van der Waals surface area contributed by atoms with Gasteiger partial charge in [0.05, 0.1) is 11.4 Å². The average Bonchev–Trinajstić information content (AvgIpc) is 4.00. The van der Waals surface area contributed by atoms with Gasteiger partial charge in [-0.15, -0.1) is 0 Å². The fourth-order valence-corrected chi connectivity index (χ4v) is 11.6. The van der Waals surface area contributed by atoms with E-state index in [1.165, 1.54) is 44.5 Å². The second kappa shape index (κ2) is 16.5. The van der Waals surface area contributed by atoms with Gasteiger partial charge in [-0.1, -0.05) is 179 Å². The molecule has 71 heavy (non-hydrogen) atoms. The Bertz CT molecular complexity index is 3680. The van der Waals surface area contributed by atoms with Crippen molar-refractivity contribution in [3.05, 3.63) is 265 Å². The Morgan fingerprint density at radius 2 is 0.718 bits per heavy atom. The molecule has 13 rings (SSSR count). The molecule has 0 spiro atoms. The fourth-order valence-electron chi connectivity index (χ4n) is 11.6. The standard InChI is InChI=1S/C67H52N4/c1-66(2)59-23-13-11-21-55(59)57-40-38-53(43-61(57)66)71(54-39-41-58-56-22-12-14-24-60(56)67(3,4)62(58)44-54)52-34-28-46(29-35-52)45-26-32-50(33-27-45)70(49-19-9-6-10-20-49)51-36-30-48(31-37-51)65-64(47-17-7-5-8-18-47)68-63-25-15-16-42-69(63)65/h5-44H,1-4H3. The van der Waals surface area contributed by atoms with Crippen molar-refractivity contribution in [2.24, 2.45) is 0 Å². The Morgan fingerprint density at radius 3 is 1.24 bits per heavy atom. The highest BCUT2D eigenvalue weighted by molar-refractivity contribution is 5.90. The van der Waals surface area contributed by atoms with Gasteiger partial charge in [-0.25, -0.2) is 4.98 Å². The molecule has 2 aliphatic rings. The first kappa shape index (κ1) is 42.4. The molecule has 0 saturated heterocycles. The van der Waals surface area contributed by atoms with Crippen LogP contribution in [-0.2, 0) is 10.8 Å². The molecule has 2 aromatic heterocycles. The molecule has 0 radical (unpaired) electrons. The molecule has 0 unspecified atom stereocenters. The van der Waals surface area contributed by atoms with Crippen LogP contribution in [0.1, 0.15) is 49.9 Å². The second-order valence-electron chi connectivity index (χ2n) is 20.1. The van der Waals surface area contributed by atoms with Crippen LogP contribution in [-0.4, -0.2) is 9.38 Å². The van der Waals surface area contributed by atoms with Crippen molar-refractivity contribution >= 4 is 39.8 Å². The molecule has 0 bridgehead atoms. The zero-order chi connectivity index (χ0) is 47.8. The lowest BCUT2D eigenvalue weighted by Crippen LogP contribution is -2.18. The van der Waals surface area contributed by atoms with Crippen molar-refractivity contribution in [3.63, 3.8) is 0 Å². The van der Waals surface area contributed by atoms with E-state index in [9.17, 15) is 0 Å². The first-order chi connectivity index (χ1) is 34.7. The number of aromatic nitrogens is 2. The molecule has 4 heteroatoms. The maximum atomic E-state index is 5.08. The number of nitrogens with zero attached hydrogens (tertiary/aromatic N) is 4. The number of rotatable bonds is 9. The van der Waals surface area contributed by atoms with Crippen LogP contribution in [0.3, 0.4) is 0 Å². The summed E-state index contributed by atoms with van der Waals surface area (Å²) in [6.07, 6.45) is 2.10. The number of imidazole rings is 1. The molecule has 0 amide bonds. The zero-order valence-electron chi connectivity index (χ0n) is 40.4. The maximum absolute atomic E-state index is 5.08. The van der Waals surface area contributed by atoms with Crippen molar-refractivity contribution in [3.8, 4) is 55.9 Å². The predicted octanol–water partition coefficient (Wildman–Crippen LogP) is 17.9. The zero-order valence-corrected chi connectivity index (χ0v) is 40.4. The van der Waals surface area contributed by atoms with E-state index in [1.54, 1.807) is 0 Å². The summed E-state index contributed by atoms with van der Waals surface area (Å²) >= 11 is 0. The summed E-state index contributed by atoms with van der Waals surface area (Å²) in [5.74, 6) is 0. The number of fused-ring (bicyclic) bond motifs is 7. The Balaban J connectivity index is 0.848. The number of pyridine rings is 1. The van der Waals surface area contributed by atoms with Gasteiger partial charge in [-0.3, -0.25) is 4.40 Å². The molecule has 340 valence electrons. The van der Waals surface area contributed by atoms with E-state index in [-0.39, 0.29) is 10.8 Å². The monoisotopic (exact) mass is 912 g/mol. The lowest BCUT2D eigenvalue weighted by Gasteiger charge is -2.30. The molecular formula is C67H52N4. The predicted molar refractivity (Wildman–Crippen MR) is 296 cm³/mol. The van der Waals surface area contributed by atoms with Crippen LogP contribution >= 0.6 is 0 Å². The minimum absolute atomic E-state index is 0.118. The van der Waals surface area contributed by atoms with Crippen LogP contribution in [0.5, 0.6) is 0 Å². The SMILES string of the molecule is CC1(C)c2ccccc2-c2ccc(N(c3ccc(-c4ccc(N(c5ccccc5)c5ccc(-c6c(-c7ccccc7)nc7ccccn67)cc5)cc4)cc3)c3ccc4c(c3)C(C)(C)c3ccccc3-4)cc21. The summed E-state index contributed by atoms with van der Waals surface area (Å²) in [6, 6.07) is 86.2. The highest BCUT2D eigenvalue weighted by Crippen LogP contribution is 2.53. The van der Waals surface area contributed by atoms with Crippen LogP contribution < -0.4 is 9.80 Å². The third-order valence-electron chi connectivity index (χ3n) is 15.2. The van der Waals surface area contributed by atoms with Crippen molar-refractivity contribution in [2.75, 3.05) is 9.80 Å². The molecule has 0 saturated carbocycles. The summed E-state index contributed by atoms with van der Waals surface area (Å²) < 4.78 is 2.19. The Kier molecular flexibility index (Phi) is 9.83. The highest BCUT2D eigenvalue weighted by atomic mass is 15.1. The van der Waals surface area contributed by atoms with E-state index < -0.39 is 0 Å². The van der Waals surface area contributed by atoms with Crippen molar-refractivity contribution < 1.29 is 0 Å². The Morgan fingerprint density at radius 1 is 0.324 bits per heavy atom. The van der Waals surface area contributed by atoms with Crippen molar-refractivity contribution in [1.82, 2.24) is 9.38 Å². The summed E-state index contributed by atoms with van der Waals surface area (Å²) in [5.41, 5.74) is 24.7. The summed E-state index contributed by atoms with van der Waals surface area (Å²) in [7, 11) is 0. The minimum Gasteiger partial charge on any atom is -0.311 e. The molecule has 0 N–H and O–H groups in total. The van der Waals surface area contributed by atoms with Crippen LogP contribution in [0.25, 0.3) is 61.5 Å². The van der Waals surface area contributed by atoms with E-state index in [1.807, 2.05) is 12.1 Å². The minimum atomic E-state index is -0.118. The molecule has 9 aromatic carbocycles. The molecule has 0 aliphatic heterocycles. The second-order valence-corrected chi connectivity index (χ2v) is 20.1. The van der Waals surface area contributed by atoms with Gasteiger partial charge in [0.15, 0.2) is 0 Å². The molecule has 0 fully saturated rings. The topological polar surface area (TPSA) is 23.8 Å². The van der Waals surface area contributed by atoms with Gasteiger partial charge in [0.1, 0.15) is 5.65 Å². The number of benzene rings is 9. The molecule has 2 heterocycles. The van der Waals surface area contributed by atoms with Gasteiger partial charge in [-0.05, 0) is 141 Å². The summed E-state index contributed by atoms with van der Waals surface area (Å²) in [5, 5.41) is 0. The van der Waals surface area contributed by atoms with Crippen molar-refractivity contribution in [2.45, 2.75) is 38.5 Å². The van der Waals surface area contributed by atoms with E-state index in [4.69, 9.17) is 4.98 Å². The smallest absolute Gasteiger partial charge is 0.137 e. The normalized spacial score (nSPS) is 13.6. The van der Waals surface area contributed by atoms with Gasteiger partial charge >= 0.3 is 0 Å². The molecule has 2 aliphatic carbocycles. The first-order valence-corrected chi connectivity index (χ1v) is 24.7. The lowest BCUT2D eigenvalue weighted by atomic mass is 9.82. The third-order valence-corrected chi connectivity index (χ3v) is 15.2. The van der Waals surface area contributed by atoms with E-state index in [0.717, 1.165) is 73.4 Å². The third kappa shape index (κ3) is 6.93. The van der Waals surface area contributed by atoms with Crippen LogP contribution in [0.15, 0.2) is 243 Å². The average molecular weight is 913 g/mol. The quantitative estimate of drug-likeness (QED) is 0.144. The van der Waals surface area contributed by atoms with Gasteiger partial charge in [0, 0.05) is 62.3 Å². The van der Waals surface area contributed by atoms with E-state index >= 15 is 0 Å². The fraction of sp³-hybridized carbons (Fsp3) is 0.0896. The Labute approximate surface area is 416 Å². The van der Waals surface area contributed by atoms with Gasteiger partial charge in [0.25, 0.3) is 0 Å². The molecular weight excluding hydrogens is 861 g/mol. The van der Waals surface area contributed by atoms with Crippen LogP contribution in [0.4, 0.5) is 34.1 Å². The Hall–Kier alpha value is -8.73. The number of para-hydroxylation sites is 1. The van der Waals surface area contributed by atoms with Crippen molar-refractivity contribution in [1.29, 1.82) is 0 Å². The van der Waals surface area contributed by atoms with Gasteiger partial charge < -0.3 is 9.80 Å². The van der Waals surface area contributed by atoms with Crippen LogP contribution in [0.2, 0.25) is 0 Å². The molecule has 0 atom stereocenters. The molecule has 11 aromatic rings. The highest BCUT2D eigenvalue weighted by Gasteiger charge is 2.38. The summed E-state index contributed by atoms with van der Waals surface area (Å²) in [6.45, 7) is 9.45. The number of anilines is 6. The lowest BCUT2D eigenvalue weighted by molar-refractivity contribution is 0.660. The van der Waals surface area contributed by atoms with Gasteiger partial charge in [-0.2, -0.15) is 0 Å². The van der Waals surface area contributed by atoms with Crippen LogP contribution in [0, 0.1) is 0 Å². The largest absolute Gasteiger partial charge is 0.311 e.